The molecule has 0 saturated carbocycles. The van der Waals surface area contributed by atoms with Gasteiger partial charge in [-0.2, -0.15) is 0 Å². The summed E-state index contributed by atoms with van der Waals surface area (Å²) in [6.07, 6.45) is 1.30. The number of nitrogens with one attached hydrogen (secondary N) is 1. The molecule has 3 rings (SSSR count). The van der Waals surface area contributed by atoms with Gasteiger partial charge in [0.05, 0.1) is 7.11 Å². The number of aryl methyl sites for hydroxylation is 1. The van der Waals surface area contributed by atoms with Crippen molar-refractivity contribution in [3.8, 4) is 11.5 Å². The van der Waals surface area contributed by atoms with Crippen molar-refractivity contribution in [3.05, 3.63) is 53.3 Å². The first-order chi connectivity index (χ1) is 13.9. The number of benzene rings is 1. The van der Waals surface area contributed by atoms with E-state index in [0.717, 1.165) is 28.9 Å². The quantitative estimate of drug-likeness (QED) is 0.573. The van der Waals surface area contributed by atoms with Crippen molar-refractivity contribution in [2.45, 2.75) is 39.3 Å². The monoisotopic (exact) mass is 397 g/mol. The van der Waals surface area contributed by atoms with Crippen LogP contribution in [0, 0.1) is 6.92 Å². The van der Waals surface area contributed by atoms with Crippen LogP contribution in [-0.2, 0) is 6.54 Å². The number of ether oxygens (including phenoxy) is 2. The summed E-state index contributed by atoms with van der Waals surface area (Å²) in [6.45, 7) is 7.90. The number of aromatic amines is 1. The van der Waals surface area contributed by atoms with Crippen molar-refractivity contribution in [2.75, 3.05) is 27.3 Å². The summed E-state index contributed by atoms with van der Waals surface area (Å²) in [5, 5.41) is 11.6. The minimum absolute atomic E-state index is 0.238. The Morgan fingerprint density at radius 3 is 2.52 bits per heavy atom. The number of likely N-dealkylation sites (N-methyl/N-ethyl adjacent to an activating group) is 1. The van der Waals surface area contributed by atoms with Crippen molar-refractivity contribution < 1.29 is 14.6 Å². The summed E-state index contributed by atoms with van der Waals surface area (Å²) in [4.78, 5) is 10.1. The van der Waals surface area contributed by atoms with Crippen LogP contribution in [0.3, 0.4) is 0 Å². The van der Waals surface area contributed by atoms with Gasteiger partial charge in [0.25, 0.3) is 0 Å². The van der Waals surface area contributed by atoms with Gasteiger partial charge in [0, 0.05) is 30.4 Å². The maximum Gasteiger partial charge on any atom is 0.137 e. The highest BCUT2D eigenvalue weighted by molar-refractivity contribution is 5.82. The molecule has 0 fully saturated rings. The van der Waals surface area contributed by atoms with E-state index < -0.39 is 6.10 Å². The molecule has 0 unspecified atom stereocenters. The Morgan fingerprint density at radius 1 is 1.17 bits per heavy atom. The third-order valence-electron chi connectivity index (χ3n) is 4.96. The Labute approximate surface area is 172 Å². The number of H-pyrrole nitrogens is 1. The molecule has 0 saturated heterocycles. The van der Waals surface area contributed by atoms with Crippen LogP contribution in [-0.4, -0.2) is 53.4 Å². The molecule has 0 aliphatic carbocycles. The maximum absolute atomic E-state index is 10.4. The van der Waals surface area contributed by atoms with Crippen LogP contribution >= 0.6 is 0 Å². The third-order valence-corrected chi connectivity index (χ3v) is 4.96. The van der Waals surface area contributed by atoms with Gasteiger partial charge in [-0.05, 0) is 61.3 Å². The Morgan fingerprint density at radius 2 is 1.86 bits per heavy atom. The number of methoxy groups -OCH3 is 1. The summed E-state index contributed by atoms with van der Waals surface area (Å²) >= 11 is 0. The van der Waals surface area contributed by atoms with Gasteiger partial charge in [0.2, 0.25) is 0 Å². The highest BCUT2D eigenvalue weighted by Gasteiger charge is 2.18. The summed E-state index contributed by atoms with van der Waals surface area (Å²) < 4.78 is 10.8. The van der Waals surface area contributed by atoms with Gasteiger partial charge >= 0.3 is 0 Å². The van der Waals surface area contributed by atoms with Gasteiger partial charge in [0.15, 0.2) is 0 Å². The topological polar surface area (TPSA) is 70.6 Å². The highest BCUT2D eigenvalue weighted by Crippen LogP contribution is 2.28. The number of rotatable bonds is 9. The van der Waals surface area contributed by atoms with E-state index >= 15 is 0 Å². The molecule has 1 atom stereocenters. The first-order valence-electron chi connectivity index (χ1n) is 9.98. The Bertz CT molecular complexity index is 934. The molecule has 0 aliphatic heterocycles. The normalized spacial score (nSPS) is 12.7. The van der Waals surface area contributed by atoms with E-state index in [4.69, 9.17) is 9.47 Å². The SMILES string of the molecule is COc1ccc(OC[C@@H](O)CN(C)Cc2c(C(C)C)[nH]c3ncc(C)cc23)cc1. The van der Waals surface area contributed by atoms with Gasteiger partial charge in [0.1, 0.15) is 29.9 Å². The zero-order valence-electron chi connectivity index (χ0n) is 17.9. The molecule has 29 heavy (non-hydrogen) atoms. The fourth-order valence-electron chi connectivity index (χ4n) is 3.52. The number of hydrogen-bond acceptors (Lipinski definition) is 5. The first-order valence-corrected chi connectivity index (χ1v) is 9.98. The number of hydrogen-bond donors (Lipinski definition) is 2. The lowest BCUT2D eigenvalue weighted by atomic mass is 10.0. The molecular weight excluding hydrogens is 366 g/mol. The van der Waals surface area contributed by atoms with Crippen LogP contribution in [0.5, 0.6) is 11.5 Å². The van der Waals surface area contributed by atoms with Gasteiger partial charge in [-0.3, -0.25) is 4.90 Å². The molecule has 0 bridgehead atoms. The second-order valence-corrected chi connectivity index (χ2v) is 7.92. The molecule has 0 aliphatic rings. The minimum atomic E-state index is -0.588. The summed E-state index contributed by atoms with van der Waals surface area (Å²) in [5.74, 6) is 1.87. The summed E-state index contributed by atoms with van der Waals surface area (Å²) in [7, 11) is 3.65. The molecule has 6 nitrogen and oxygen atoms in total. The molecule has 156 valence electrons. The zero-order chi connectivity index (χ0) is 21.0. The highest BCUT2D eigenvalue weighted by atomic mass is 16.5. The average molecular weight is 398 g/mol. The lowest BCUT2D eigenvalue weighted by molar-refractivity contribution is 0.0744. The molecule has 1 aromatic carbocycles. The predicted molar refractivity (Wildman–Crippen MR) is 116 cm³/mol. The van der Waals surface area contributed by atoms with Gasteiger partial charge < -0.3 is 19.6 Å². The smallest absolute Gasteiger partial charge is 0.137 e. The second kappa shape index (κ2) is 9.29. The minimum Gasteiger partial charge on any atom is -0.497 e. The predicted octanol–water partition coefficient (Wildman–Crippen LogP) is 3.88. The van der Waals surface area contributed by atoms with Crippen molar-refractivity contribution in [1.29, 1.82) is 0 Å². The number of aromatic nitrogens is 2. The van der Waals surface area contributed by atoms with Gasteiger partial charge in [-0.15, -0.1) is 0 Å². The molecule has 6 heteroatoms. The molecule has 2 N–H and O–H groups in total. The van der Waals surface area contributed by atoms with Crippen LogP contribution in [0.15, 0.2) is 36.5 Å². The lowest BCUT2D eigenvalue weighted by Gasteiger charge is -2.22. The molecule has 2 heterocycles. The zero-order valence-corrected chi connectivity index (χ0v) is 17.9. The maximum atomic E-state index is 10.4. The van der Waals surface area contributed by atoms with Crippen LogP contribution < -0.4 is 9.47 Å². The van der Waals surface area contributed by atoms with Crippen LogP contribution in [0.2, 0.25) is 0 Å². The molecule has 0 amide bonds. The van der Waals surface area contributed by atoms with Crippen LogP contribution in [0.4, 0.5) is 0 Å². The number of aliphatic hydroxyl groups excluding tert-OH is 1. The Hall–Kier alpha value is -2.57. The number of nitrogens with zero attached hydrogens (tertiary/aromatic N) is 2. The molecule has 0 radical (unpaired) electrons. The van der Waals surface area contributed by atoms with Crippen LogP contribution in [0.1, 0.15) is 36.6 Å². The summed E-state index contributed by atoms with van der Waals surface area (Å²) in [6, 6.07) is 9.54. The second-order valence-electron chi connectivity index (χ2n) is 7.92. The third kappa shape index (κ3) is 5.28. The molecular formula is C23H31N3O3. The molecule has 0 spiro atoms. The van der Waals surface area contributed by atoms with E-state index in [1.54, 1.807) is 7.11 Å². The summed E-state index contributed by atoms with van der Waals surface area (Å²) in [5.41, 5.74) is 4.51. The standard InChI is InChI=1S/C23H31N3O3/c1-15(2)22-21(20-10-16(3)11-24-23(20)25-22)13-26(4)12-17(27)14-29-19-8-6-18(28-5)7-9-19/h6-11,15,17,27H,12-14H2,1-5H3,(H,24,25)/t17-/m0/s1. The van der Waals surface area contributed by atoms with Gasteiger partial charge in [-0.1, -0.05) is 13.8 Å². The van der Waals surface area contributed by atoms with Crippen molar-refractivity contribution >= 4 is 11.0 Å². The van der Waals surface area contributed by atoms with E-state index in [9.17, 15) is 5.11 Å². The molecule has 2 aromatic heterocycles. The van der Waals surface area contributed by atoms with Crippen molar-refractivity contribution in [1.82, 2.24) is 14.9 Å². The average Bonchev–Trinajstić information content (AvgIpc) is 3.04. The van der Waals surface area contributed by atoms with E-state index in [1.807, 2.05) is 37.5 Å². The lowest BCUT2D eigenvalue weighted by Crippen LogP contribution is -2.33. The van der Waals surface area contributed by atoms with Gasteiger partial charge in [-0.25, -0.2) is 4.98 Å². The number of fused-ring (bicyclic) bond motifs is 1. The first kappa shape index (κ1) is 21.1. The van der Waals surface area contributed by atoms with E-state index in [1.165, 1.54) is 11.3 Å². The number of pyridine rings is 1. The van der Waals surface area contributed by atoms with Crippen molar-refractivity contribution in [2.24, 2.45) is 0 Å². The van der Waals surface area contributed by atoms with E-state index in [0.29, 0.717) is 18.2 Å². The Balaban J connectivity index is 1.63. The molecule has 3 aromatic rings. The fraction of sp³-hybridized carbons (Fsp3) is 0.435. The van der Waals surface area contributed by atoms with E-state index in [2.05, 4.69) is 41.7 Å². The Kier molecular flexibility index (Phi) is 6.77. The largest absolute Gasteiger partial charge is 0.497 e. The van der Waals surface area contributed by atoms with E-state index in [-0.39, 0.29) is 6.61 Å². The van der Waals surface area contributed by atoms with Crippen molar-refractivity contribution in [3.63, 3.8) is 0 Å². The fourth-order valence-corrected chi connectivity index (χ4v) is 3.52. The number of aliphatic hydroxyl groups is 1. The van der Waals surface area contributed by atoms with Crippen LogP contribution in [0.25, 0.3) is 11.0 Å².